The monoisotopic (exact) mass is 798 g/mol. The Labute approximate surface area is 319 Å². The molecule has 14 atom stereocenters. The van der Waals surface area contributed by atoms with E-state index in [1.54, 1.807) is 0 Å². The van der Waals surface area contributed by atoms with Gasteiger partial charge in [-0.05, 0) is 48.4 Å². The fraction of sp³-hybridized carbons (Fsp3) is 0.556. The van der Waals surface area contributed by atoms with E-state index in [1.807, 2.05) is 0 Å². The van der Waals surface area contributed by atoms with Gasteiger partial charge in [-0.25, -0.2) is 4.79 Å². The normalized spacial score (nSPS) is 34.9. The minimum absolute atomic E-state index is 0.184. The first-order valence-corrected chi connectivity index (χ1v) is 17.5. The number of aliphatic hydroxyl groups is 6. The van der Waals surface area contributed by atoms with Crippen LogP contribution < -0.4 is 0 Å². The first-order valence-electron chi connectivity index (χ1n) is 17.5. The van der Waals surface area contributed by atoms with Crippen molar-refractivity contribution in [2.24, 2.45) is 0 Å². The van der Waals surface area contributed by atoms with Gasteiger partial charge in [0, 0.05) is 13.0 Å². The van der Waals surface area contributed by atoms with Crippen LogP contribution in [-0.2, 0) is 54.1 Å². The summed E-state index contributed by atoms with van der Waals surface area (Å²) < 4.78 is 46.7. The largest absolute Gasteiger partial charge is 0.504 e. The van der Waals surface area contributed by atoms with Gasteiger partial charge in [0.1, 0.15) is 67.6 Å². The van der Waals surface area contributed by atoms with Gasteiger partial charge >= 0.3 is 11.9 Å². The molecule has 0 amide bonds. The number of ether oxygens (including phenoxy) is 8. The summed E-state index contributed by atoms with van der Waals surface area (Å²) in [4.78, 5) is 25.4. The van der Waals surface area contributed by atoms with E-state index < -0.39 is 135 Å². The van der Waals surface area contributed by atoms with Crippen LogP contribution in [0.5, 0.6) is 23.0 Å². The number of benzene rings is 2. The van der Waals surface area contributed by atoms with Gasteiger partial charge in [-0.3, -0.25) is 4.79 Å². The Morgan fingerprint density at radius 3 is 2.05 bits per heavy atom. The molecule has 0 radical (unpaired) electrons. The summed E-state index contributed by atoms with van der Waals surface area (Å²) in [7, 11) is 0. The number of phenolic OH excluding ortho intramolecular Hbond substituents is 4. The first-order chi connectivity index (χ1) is 26.5. The van der Waals surface area contributed by atoms with Gasteiger partial charge in [-0.2, -0.15) is 0 Å². The maximum absolute atomic E-state index is 13.4. The van der Waals surface area contributed by atoms with Crippen molar-refractivity contribution in [1.29, 1.82) is 0 Å². The molecule has 3 heterocycles. The van der Waals surface area contributed by atoms with Crippen LogP contribution in [0.3, 0.4) is 0 Å². The molecule has 20 heteroatoms. The maximum Gasteiger partial charge on any atom is 0.331 e. The van der Waals surface area contributed by atoms with Crippen LogP contribution in [0.4, 0.5) is 0 Å². The molecule has 0 saturated carbocycles. The zero-order chi connectivity index (χ0) is 40.8. The van der Waals surface area contributed by atoms with Gasteiger partial charge < -0.3 is 89.0 Å². The zero-order valence-corrected chi connectivity index (χ0v) is 30.1. The van der Waals surface area contributed by atoms with Crippen molar-refractivity contribution in [3.05, 3.63) is 53.6 Å². The lowest BCUT2D eigenvalue weighted by Gasteiger charge is -2.49. The molecule has 0 unspecified atom stereocenters. The van der Waals surface area contributed by atoms with Gasteiger partial charge in [-0.15, -0.1) is 0 Å². The van der Waals surface area contributed by atoms with E-state index in [0.717, 1.165) is 19.1 Å². The molecular formula is C36H46O20. The van der Waals surface area contributed by atoms with E-state index in [0.29, 0.717) is 5.56 Å². The van der Waals surface area contributed by atoms with Crippen LogP contribution in [0.15, 0.2) is 42.5 Å². The molecule has 2 aromatic carbocycles. The number of rotatable bonds is 13. The van der Waals surface area contributed by atoms with Gasteiger partial charge in [0.2, 0.25) is 0 Å². The highest BCUT2D eigenvalue weighted by atomic mass is 16.7. The molecule has 0 aliphatic carbocycles. The molecular weight excluding hydrogens is 752 g/mol. The molecule has 56 heavy (non-hydrogen) atoms. The topological polar surface area (TPSA) is 310 Å². The van der Waals surface area contributed by atoms with Crippen LogP contribution in [-0.4, -0.2) is 169 Å². The molecule has 2 aromatic rings. The highest BCUT2D eigenvalue weighted by Gasteiger charge is 2.55. The Morgan fingerprint density at radius 2 is 1.38 bits per heavy atom. The van der Waals surface area contributed by atoms with Crippen LogP contribution in [0.2, 0.25) is 0 Å². The number of carbonyl (C=O) groups is 2. The second-order valence-electron chi connectivity index (χ2n) is 13.5. The predicted molar refractivity (Wildman–Crippen MR) is 183 cm³/mol. The Hall–Kier alpha value is -4.16. The third kappa shape index (κ3) is 10.4. The minimum atomic E-state index is -1.90. The van der Waals surface area contributed by atoms with Crippen molar-refractivity contribution >= 4 is 18.0 Å². The lowest BCUT2D eigenvalue weighted by atomic mass is 9.93. The summed E-state index contributed by atoms with van der Waals surface area (Å²) in [5.41, 5.74) is 0.674. The number of hydrogen-bond donors (Lipinski definition) is 10. The molecule has 0 spiro atoms. The Bertz CT molecular complexity index is 1670. The van der Waals surface area contributed by atoms with Gasteiger partial charge in [0.15, 0.2) is 41.7 Å². The number of esters is 2. The van der Waals surface area contributed by atoms with E-state index in [1.165, 1.54) is 43.3 Å². The summed E-state index contributed by atoms with van der Waals surface area (Å²) in [5, 5.41) is 102. The van der Waals surface area contributed by atoms with Crippen LogP contribution in [0.25, 0.3) is 6.08 Å². The summed E-state index contributed by atoms with van der Waals surface area (Å²) in [6.45, 7) is 0.831. The smallest absolute Gasteiger partial charge is 0.331 e. The van der Waals surface area contributed by atoms with E-state index in [4.69, 9.17) is 37.9 Å². The lowest BCUT2D eigenvalue weighted by Crippen LogP contribution is -2.67. The van der Waals surface area contributed by atoms with Gasteiger partial charge in [0.05, 0.1) is 25.9 Å². The van der Waals surface area contributed by atoms with E-state index in [9.17, 15) is 60.7 Å². The standard InChI is InChI=1S/C36H46O20/c1-15-27(44)29(46)31(48)36(52-15)56-34-32(54-26(43)8-5-17-3-6-19(38)21(40)9-17)25(14-50-16(2)37)53-24(13-49-11-18-4-7-20(39)22(41)10-18)33(34)55-35-30(47)28(45)23(42)12-51-35/h3-10,15,23-25,27-36,38-42,44-48H,11-14H2,1-2H3/b8-5-/t15-,23-,24+,25+,27-,28-,29+,30+,31+,32-,33-,34+,35-,36-/m0/s1. The van der Waals surface area contributed by atoms with Crippen molar-refractivity contribution in [1.82, 2.24) is 0 Å². The first kappa shape index (κ1) is 43.0. The van der Waals surface area contributed by atoms with Crippen molar-refractivity contribution in [3.63, 3.8) is 0 Å². The third-order valence-electron chi connectivity index (χ3n) is 9.28. The molecule has 0 aromatic heterocycles. The summed E-state index contributed by atoms with van der Waals surface area (Å²) in [6, 6.07) is 7.67. The third-order valence-corrected chi connectivity index (χ3v) is 9.28. The SMILES string of the molecule is CC(=O)OC[C@H]1O[C@H](COCc2ccc(O)c(O)c2)[C@H](O[C@@H]2OC[C@H](O)[C@H](O)[C@H]2O)[C@H](O[C@@H]2O[C@@H](C)[C@H](O)[C@@H](O)[C@H]2O)[C@H]1OC(=O)/C=C\c1ccc(O)c(O)c1. The molecule has 3 fully saturated rings. The van der Waals surface area contributed by atoms with Crippen LogP contribution in [0.1, 0.15) is 25.0 Å². The highest BCUT2D eigenvalue weighted by molar-refractivity contribution is 5.87. The lowest BCUT2D eigenvalue weighted by molar-refractivity contribution is -0.364. The molecule has 10 N–H and O–H groups in total. The second-order valence-corrected chi connectivity index (χ2v) is 13.5. The van der Waals surface area contributed by atoms with Crippen molar-refractivity contribution in [2.45, 2.75) is 106 Å². The summed E-state index contributed by atoms with van der Waals surface area (Å²) in [5.74, 6) is -3.49. The Balaban J connectivity index is 1.52. The fourth-order valence-corrected chi connectivity index (χ4v) is 6.19. The summed E-state index contributed by atoms with van der Waals surface area (Å²) >= 11 is 0. The fourth-order valence-electron chi connectivity index (χ4n) is 6.19. The molecule has 3 aliphatic heterocycles. The van der Waals surface area contributed by atoms with Gasteiger partial charge in [0.25, 0.3) is 0 Å². The van der Waals surface area contributed by atoms with E-state index >= 15 is 0 Å². The predicted octanol–water partition coefficient (Wildman–Crippen LogP) is -1.98. The molecule has 3 aliphatic rings. The zero-order valence-electron chi connectivity index (χ0n) is 30.1. The number of carbonyl (C=O) groups excluding carboxylic acids is 2. The average molecular weight is 799 g/mol. The van der Waals surface area contributed by atoms with Crippen LogP contribution >= 0.6 is 0 Å². The quantitative estimate of drug-likeness (QED) is 0.0596. The van der Waals surface area contributed by atoms with E-state index in [-0.39, 0.29) is 17.9 Å². The maximum atomic E-state index is 13.4. The minimum Gasteiger partial charge on any atom is -0.504 e. The molecule has 5 rings (SSSR count). The molecule has 0 bridgehead atoms. The van der Waals surface area contributed by atoms with Crippen molar-refractivity contribution in [2.75, 3.05) is 19.8 Å². The Morgan fingerprint density at radius 1 is 0.732 bits per heavy atom. The summed E-state index contributed by atoms with van der Waals surface area (Å²) in [6.07, 6.45) is -20.3. The van der Waals surface area contributed by atoms with Crippen molar-refractivity contribution < 1.29 is 98.5 Å². The van der Waals surface area contributed by atoms with Gasteiger partial charge in [-0.1, -0.05) is 12.1 Å². The number of hydrogen-bond acceptors (Lipinski definition) is 20. The Kier molecular flexibility index (Phi) is 14.5. The number of aliphatic hydroxyl groups excluding tert-OH is 6. The van der Waals surface area contributed by atoms with E-state index in [2.05, 4.69) is 0 Å². The van der Waals surface area contributed by atoms with Crippen molar-refractivity contribution in [3.8, 4) is 23.0 Å². The second kappa shape index (κ2) is 18.9. The molecule has 20 nitrogen and oxygen atoms in total. The molecule has 310 valence electrons. The number of phenols is 4. The average Bonchev–Trinajstić information content (AvgIpc) is 3.16. The number of aromatic hydroxyl groups is 4. The van der Waals surface area contributed by atoms with Crippen LogP contribution in [0, 0.1) is 0 Å². The molecule has 3 saturated heterocycles. The highest BCUT2D eigenvalue weighted by Crippen LogP contribution is 2.35.